The molecule has 0 aliphatic carbocycles. The summed E-state index contributed by atoms with van der Waals surface area (Å²) in [5, 5.41) is 8.90. The van der Waals surface area contributed by atoms with Crippen LogP contribution in [0, 0.1) is 12.8 Å². The predicted octanol–water partition coefficient (Wildman–Crippen LogP) is 2.87. The lowest BCUT2D eigenvalue weighted by Gasteiger charge is -2.33. The van der Waals surface area contributed by atoms with Crippen LogP contribution in [0.5, 0.6) is 0 Å². The van der Waals surface area contributed by atoms with Crippen LogP contribution in [0.1, 0.15) is 51.1 Å². The third kappa shape index (κ3) is 4.46. The van der Waals surface area contributed by atoms with Crippen LogP contribution in [0.4, 0.5) is 5.82 Å². The number of likely N-dealkylation sites (tertiary alicyclic amines) is 1. The zero-order valence-corrected chi connectivity index (χ0v) is 18.7. The third-order valence-electron chi connectivity index (χ3n) is 6.95. The molecule has 1 N–H and O–H groups in total. The standard InChI is InChI=1S/C23H36N6O/c1-17-7-4-5-13-28(17)14-6-11-25-23(30)19-9-15-29(16-10-19)22-21-20(8-12-24-22)18(2)26-27(21)3/h8,12,17,19H,4-7,9-11,13-16H2,1-3H3,(H,25,30). The second kappa shape index (κ2) is 9.33. The zero-order valence-electron chi connectivity index (χ0n) is 18.7. The molecular weight excluding hydrogens is 376 g/mol. The molecular formula is C23H36N6O. The number of fused-ring (bicyclic) bond motifs is 1. The number of pyridine rings is 1. The minimum Gasteiger partial charge on any atom is -0.356 e. The van der Waals surface area contributed by atoms with Gasteiger partial charge < -0.3 is 15.1 Å². The maximum atomic E-state index is 12.7. The van der Waals surface area contributed by atoms with Gasteiger partial charge in [0.15, 0.2) is 5.82 Å². The van der Waals surface area contributed by atoms with E-state index in [1.165, 1.54) is 25.8 Å². The summed E-state index contributed by atoms with van der Waals surface area (Å²) in [6, 6.07) is 2.73. The van der Waals surface area contributed by atoms with E-state index < -0.39 is 0 Å². The predicted molar refractivity (Wildman–Crippen MR) is 121 cm³/mol. The minimum atomic E-state index is 0.114. The number of aryl methyl sites for hydroxylation is 2. The summed E-state index contributed by atoms with van der Waals surface area (Å²) in [6.07, 6.45) is 8.66. The molecule has 2 saturated heterocycles. The van der Waals surface area contributed by atoms with Gasteiger partial charge in [-0.25, -0.2) is 4.98 Å². The number of nitrogens with one attached hydrogen (secondary N) is 1. The molecule has 1 amide bonds. The van der Waals surface area contributed by atoms with Gasteiger partial charge in [-0.15, -0.1) is 0 Å². The molecule has 4 rings (SSSR count). The Morgan fingerprint density at radius 2 is 2.00 bits per heavy atom. The van der Waals surface area contributed by atoms with Crippen LogP contribution in [-0.4, -0.2) is 64.3 Å². The van der Waals surface area contributed by atoms with Gasteiger partial charge in [-0.1, -0.05) is 6.42 Å². The summed E-state index contributed by atoms with van der Waals surface area (Å²) in [4.78, 5) is 22.2. The highest BCUT2D eigenvalue weighted by molar-refractivity contribution is 5.91. The fourth-order valence-corrected chi connectivity index (χ4v) is 5.10. The van der Waals surface area contributed by atoms with Crippen molar-refractivity contribution in [3.05, 3.63) is 18.0 Å². The number of amides is 1. The van der Waals surface area contributed by atoms with Crippen molar-refractivity contribution < 1.29 is 4.79 Å². The fourth-order valence-electron chi connectivity index (χ4n) is 5.10. The summed E-state index contributed by atoms with van der Waals surface area (Å²) < 4.78 is 1.93. The van der Waals surface area contributed by atoms with Crippen molar-refractivity contribution in [3.8, 4) is 0 Å². The number of carbonyl (C=O) groups excluding carboxylic acids is 1. The molecule has 2 aliphatic rings. The molecule has 0 spiro atoms. The molecule has 30 heavy (non-hydrogen) atoms. The topological polar surface area (TPSA) is 66.3 Å². The number of carbonyl (C=O) groups is 1. The summed E-state index contributed by atoms with van der Waals surface area (Å²) >= 11 is 0. The Kier molecular flexibility index (Phi) is 6.56. The first-order valence-electron chi connectivity index (χ1n) is 11.6. The Morgan fingerprint density at radius 1 is 1.20 bits per heavy atom. The molecule has 0 aromatic carbocycles. The second-order valence-corrected chi connectivity index (χ2v) is 9.03. The van der Waals surface area contributed by atoms with E-state index >= 15 is 0 Å². The molecule has 1 atom stereocenters. The van der Waals surface area contributed by atoms with Crippen molar-refractivity contribution in [1.82, 2.24) is 25.0 Å². The summed E-state index contributed by atoms with van der Waals surface area (Å²) in [5.41, 5.74) is 2.12. The van der Waals surface area contributed by atoms with E-state index in [9.17, 15) is 4.79 Å². The zero-order chi connectivity index (χ0) is 21.1. The van der Waals surface area contributed by atoms with Crippen LogP contribution in [0.3, 0.4) is 0 Å². The molecule has 7 heteroatoms. The largest absolute Gasteiger partial charge is 0.356 e. The highest BCUT2D eigenvalue weighted by Gasteiger charge is 2.27. The van der Waals surface area contributed by atoms with Crippen LogP contribution in [0.15, 0.2) is 12.3 Å². The van der Waals surface area contributed by atoms with Gasteiger partial charge >= 0.3 is 0 Å². The van der Waals surface area contributed by atoms with E-state index in [1.807, 2.05) is 30.9 Å². The van der Waals surface area contributed by atoms with Gasteiger partial charge in [0.2, 0.25) is 5.91 Å². The lowest BCUT2D eigenvalue weighted by atomic mass is 9.95. The molecule has 7 nitrogen and oxygen atoms in total. The van der Waals surface area contributed by atoms with Gasteiger partial charge in [0.05, 0.1) is 5.69 Å². The number of piperidine rings is 2. The van der Waals surface area contributed by atoms with Crippen LogP contribution in [-0.2, 0) is 11.8 Å². The smallest absolute Gasteiger partial charge is 0.223 e. The summed E-state index contributed by atoms with van der Waals surface area (Å²) in [6.45, 7) is 9.18. The number of anilines is 1. The third-order valence-corrected chi connectivity index (χ3v) is 6.95. The van der Waals surface area contributed by atoms with E-state index in [-0.39, 0.29) is 11.8 Å². The highest BCUT2D eigenvalue weighted by atomic mass is 16.1. The van der Waals surface area contributed by atoms with Gasteiger partial charge in [-0.05, 0) is 58.6 Å². The van der Waals surface area contributed by atoms with E-state index in [1.54, 1.807) is 0 Å². The fraction of sp³-hybridized carbons (Fsp3) is 0.696. The van der Waals surface area contributed by atoms with Gasteiger partial charge in [0.1, 0.15) is 5.52 Å². The maximum absolute atomic E-state index is 12.7. The normalized spacial score (nSPS) is 21.3. The van der Waals surface area contributed by atoms with Crippen molar-refractivity contribution in [2.75, 3.05) is 37.6 Å². The van der Waals surface area contributed by atoms with Gasteiger partial charge in [0.25, 0.3) is 0 Å². The van der Waals surface area contributed by atoms with E-state index in [0.717, 1.165) is 67.9 Å². The molecule has 1 unspecified atom stereocenters. The Hall–Kier alpha value is -2.15. The highest BCUT2D eigenvalue weighted by Crippen LogP contribution is 2.29. The minimum absolute atomic E-state index is 0.114. The lowest BCUT2D eigenvalue weighted by Crippen LogP contribution is -2.42. The molecule has 2 fully saturated rings. The van der Waals surface area contributed by atoms with Gasteiger partial charge in [0, 0.05) is 56.8 Å². The molecule has 4 heterocycles. The number of hydrogen-bond acceptors (Lipinski definition) is 5. The molecule has 2 aromatic rings. The second-order valence-electron chi connectivity index (χ2n) is 9.03. The first-order valence-corrected chi connectivity index (χ1v) is 11.6. The van der Waals surface area contributed by atoms with Crippen LogP contribution < -0.4 is 10.2 Å². The van der Waals surface area contributed by atoms with Crippen molar-refractivity contribution >= 4 is 22.6 Å². The van der Waals surface area contributed by atoms with E-state index in [0.29, 0.717) is 6.04 Å². The van der Waals surface area contributed by atoms with Gasteiger partial charge in [-0.3, -0.25) is 9.48 Å². The summed E-state index contributed by atoms with van der Waals surface area (Å²) in [7, 11) is 1.98. The first kappa shape index (κ1) is 21.1. The van der Waals surface area contributed by atoms with Crippen molar-refractivity contribution in [2.45, 2.75) is 58.4 Å². The lowest BCUT2D eigenvalue weighted by molar-refractivity contribution is -0.125. The average Bonchev–Trinajstić information content (AvgIpc) is 3.06. The Balaban J connectivity index is 1.25. The molecule has 2 aliphatic heterocycles. The monoisotopic (exact) mass is 412 g/mol. The van der Waals surface area contributed by atoms with Crippen molar-refractivity contribution in [1.29, 1.82) is 0 Å². The molecule has 0 radical (unpaired) electrons. The van der Waals surface area contributed by atoms with Crippen molar-refractivity contribution in [2.24, 2.45) is 13.0 Å². The summed E-state index contributed by atoms with van der Waals surface area (Å²) in [5.74, 6) is 1.33. The van der Waals surface area contributed by atoms with E-state index in [2.05, 4.69) is 32.1 Å². The number of nitrogens with zero attached hydrogens (tertiary/aromatic N) is 5. The number of aromatic nitrogens is 3. The Labute approximate surface area is 179 Å². The average molecular weight is 413 g/mol. The number of rotatable bonds is 6. The molecule has 164 valence electrons. The quantitative estimate of drug-likeness (QED) is 0.739. The first-order chi connectivity index (χ1) is 14.5. The van der Waals surface area contributed by atoms with Crippen molar-refractivity contribution in [3.63, 3.8) is 0 Å². The maximum Gasteiger partial charge on any atom is 0.223 e. The number of hydrogen-bond donors (Lipinski definition) is 1. The molecule has 2 aromatic heterocycles. The van der Waals surface area contributed by atoms with E-state index in [4.69, 9.17) is 0 Å². The van der Waals surface area contributed by atoms with Crippen LogP contribution >= 0.6 is 0 Å². The molecule has 0 bridgehead atoms. The molecule has 0 saturated carbocycles. The Morgan fingerprint density at radius 3 is 2.77 bits per heavy atom. The van der Waals surface area contributed by atoms with Crippen LogP contribution in [0.2, 0.25) is 0 Å². The van der Waals surface area contributed by atoms with Crippen LogP contribution in [0.25, 0.3) is 10.9 Å². The van der Waals surface area contributed by atoms with Gasteiger partial charge in [-0.2, -0.15) is 5.10 Å². The SMILES string of the molecule is Cc1nn(C)c2c(N3CCC(C(=O)NCCCN4CCCCC4C)CC3)nccc12. The Bertz CT molecular complexity index is 870.